The number of carbonyl (C=O) groups is 1. The van der Waals surface area contributed by atoms with Gasteiger partial charge < -0.3 is 9.84 Å². The molecule has 3 aromatic rings. The second-order valence-electron chi connectivity index (χ2n) is 6.05. The van der Waals surface area contributed by atoms with Crippen LogP contribution in [0.1, 0.15) is 35.5 Å². The Morgan fingerprint density at radius 1 is 1.19 bits per heavy atom. The first-order valence-electron chi connectivity index (χ1n) is 8.62. The van der Waals surface area contributed by atoms with Gasteiger partial charge in [0.15, 0.2) is 5.82 Å². The van der Waals surface area contributed by atoms with Gasteiger partial charge in [-0.1, -0.05) is 48.5 Å². The van der Waals surface area contributed by atoms with E-state index in [1.165, 1.54) is 5.56 Å². The number of pyridine rings is 1. The van der Waals surface area contributed by atoms with E-state index in [1.54, 1.807) is 13.0 Å². The summed E-state index contributed by atoms with van der Waals surface area (Å²) in [4.78, 5) is 17.2. The molecule has 0 spiro atoms. The average Bonchev–Trinajstić information content (AvgIpc) is 3.08. The van der Waals surface area contributed by atoms with Crippen LogP contribution in [0, 0.1) is 6.92 Å². The van der Waals surface area contributed by atoms with Crippen LogP contribution in [0.5, 0.6) is 0 Å². The smallest absolute Gasteiger partial charge is 0.247 e. The SMILES string of the molecule is CCc1ccc(CNC(C(=O)Nc2cc(C)on2)c2ccccc2)nc1. The fourth-order valence-corrected chi connectivity index (χ4v) is 2.61. The van der Waals surface area contributed by atoms with Gasteiger partial charge in [-0.25, -0.2) is 0 Å². The first-order chi connectivity index (χ1) is 12.7. The number of aromatic nitrogens is 2. The Balaban J connectivity index is 1.73. The second kappa shape index (κ2) is 8.40. The zero-order chi connectivity index (χ0) is 18.4. The maximum Gasteiger partial charge on any atom is 0.247 e. The third-order valence-corrected chi connectivity index (χ3v) is 4.06. The van der Waals surface area contributed by atoms with E-state index in [1.807, 2.05) is 42.6 Å². The van der Waals surface area contributed by atoms with Crippen molar-refractivity contribution < 1.29 is 9.32 Å². The highest BCUT2D eigenvalue weighted by atomic mass is 16.5. The number of benzene rings is 1. The van der Waals surface area contributed by atoms with Crippen LogP contribution in [0.3, 0.4) is 0 Å². The van der Waals surface area contributed by atoms with Crippen LogP contribution >= 0.6 is 0 Å². The molecular formula is C20H22N4O2. The van der Waals surface area contributed by atoms with Crippen molar-refractivity contribution in [1.82, 2.24) is 15.5 Å². The normalized spacial score (nSPS) is 11.9. The van der Waals surface area contributed by atoms with Gasteiger partial charge in [0.25, 0.3) is 0 Å². The summed E-state index contributed by atoms with van der Waals surface area (Å²) in [5.74, 6) is 0.847. The Bertz CT molecular complexity index is 844. The number of rotatable bonds is 7. The van der Waals surface area contributed by atoms with Gasteiger partial charge in [0.1, 0.15) is 11.8 Å². The average molecular weight is 350 g/mol. The predicted octanol–water partition coefficient (Wildman–Crippen LogP) is 3.41. The Kier molecular flexibility index (Phi) is 5.76. The van der Waals surface area contributed by atoms with Gasteiger partial charge in [-0.3, -0.25) is 15.1 Å². The standard InChI is InChI=1S/C20H22N4O2/c1-3-15-9-10-17(21-12-15)13-22-19(16-7-5-4-6-8-16)20(25)23-18-11-14(2)26-24-18/h4-12,19,22H,3,13H2,1-2H3,(H,23,24,25). The van der Waals surface area contributed by atoms with Crippen LogP contribution in [0.4, 0.5) is 5.82 Å². The molecule has 0 bridgehead atoms. The molecule has 0 aliphatic rings. The van der Waals surface area contributed by atoms with Gasteiger partial charge >= 0.3 is 0 Å². The van der Waals surface area contributed by atoms with E-state index < -0.39 is 6.04 Å². The van der Waals surface area contributed by atoms with Crippen LogP contribution in [-0.4, -0.2) is 16.0 Å². The molecule has 3 rings (SSSR count). The van der Waals surface area contributed by atoms with Crippen molar-refractivity contribution in [1.29, 1.82) is 0 Å². The lowest BCUT2D eigenvalue weighted by Gasteiger charge is -2.18. The predicted molar refractivity (Wildman–Crippen MR) is 99.5 cm³/mol. The molecule has 26 heavy (non-hydrogen) atoms. The highest BCUT2D eigenvalue weighted by Gasteiger charge is 2.21. The zero-order valence-electron chi connectivity index (χ0n) is 14.9. The molecule has 0 saturated heterocycles. The molecule has 1 atom stereocenters. The monoisotopic (exact) mass is 350 g/mol. The van der Waals surface area contributed by atoms with E-state index in [-0.39, 0.29) is 5.91 Å². The van der Waals surface area contributed by atoms with E-state index in [9.17, 15) is 4.79 Å². The van der Waals surface area contributed by atoms with Gasteiger partial charge in [0, 0.05) is 18.8 Å². The third kappa shape index (κ3) is 4.55. The van der Waals surface area contributed by atoms with Crippen molar-refractivity contribution in [2.24, 2.45) is 0 Å². The van der Waals surface area contributed by atoms with E-state index in [0.717, 1.165) is 17.7 Å². The molecule has 0 aliphatic heterocycles. The van der Waals surface area contributed by atoms with Crippen LogP contribution in [0.15, 0.2) is 59.3 Å². The molecular weight excluding hydrogens is 328 g/mol. The summed E-state index contributed by atoms with van der Waals surface area (Å²) in [5.41, 5.74) is 2.94. The molecule has 2 heterocycles. The summed E-state index contributed by atoms with van der Waals surface area (Å²) >= 11 is 0. The summed E-state index contributed by atoms with van der Waals surface area (Å²) in [6, 6.07) is 14.8. The summed E-state index contributed by atoms with van der Waals surface area (Å²) in [6.45, 7) is 4.35. The van der Waals surface area contributed by atoms with Crippen LogP contribution < -0.4 is 10.6 Å². The Morgan fingerprint density at radius 2 is 2.00 bits per heavy atom. The number of hydrogen-bond donors (Lipinski definition) is 2. The topological polar surface area (TPSA) is 80.0 Å². The van der Waals surface area contributed by atoms with Gasteiger partial charge in [-0.15, -0.1) is 0 Å². The van der Waals surface area contributed by atoms with Crippen molar-refractivity contribution in [2.75, 3.05) is 5.32 Å². The van der Waals surface area contributed by atoms with Crippen molar-refractivity contribution >= 4 is 11.7 Å². The molecule has 1 aromatic carbocycles. The lowest BCUT2D eigenvalue weighted by molar-refractivity contribution is -0.118. The minimum atomic E-state index is -0.527. The quantitative estimate of drug-likeness (QED) is 0.682. The Hall–Kier alpha value is -2.99. The maximum absolute atomic E-state index is 12.8. The lowest BCUT2D eigenvalue weighted by Crippen LogP contribution is -2.33. The van der Waals surface area contributed by atoms with Gasteiger partial charge in [-0.05, 0) is 30.5 Å². The molecule has 1 unspecified atom stereocenters. The van der Waals surface area contributed by atoms with Gasteiger partial charge in [0.2, 0.25) is 5.91 Å². The fourth-order valence-electron chi connectivity index (χ4n) is 2.61. The molecule has 6 nitrogen and oxygen atoms in total. The fraction of sp³-hybridized carbons (Fsp3) is 0.250. The molecule has 0 aliphatic carbocycles. The minimum Gasteiger partial charge on any atom is -0.360 e. The van der Waals surface area contributed by atoms with E-state index >= 15 is 0 Å². The third-order valence-electron chi connectivity index (χ3n) is 4.06. The molecule has 0 fully saturated rings. The molecule has 134 valence electrons. The molecule has 1 amide bonds. The number of anilines is 1. The van der Waals surface area contributed by atoms with Crippen molar-refractivity contribution in [3.63, 3.8) is 0 Å². The second-order valence-corrected chi connectivity index (χ2v) is 6.05. The Morgan fingerprint density at radius 3 is 2.62 bits per heavy atom. The van der Waals surface area contributed by atoms with Crippen molar-refractivity contribution in [3.05, 3.63) is 77.3 Å². The van der Waals surface area contributed by atoms with Crippen molar-refractivity contribution in [3.8, 4) is 0 Å². The first-order valence-corrected chi connectivity index (χ1v) is 8.62. The highest BCUT2D eigenvalue weighted by Crippen LogP contribution is 2.17. The first kappa shape index (κ1) is 17.8. The zero-order valence-corrected chi connectivity index (χ0v) is 14.9. The maximum atomic E-state index is 12.8. The van der Waals surface area contributed by atoms with E-state index in [0.29, 0.717) is 18.1 Å². The number of hydrogen-bond acceptors (Lipinski definition) is 5. The summed E-state index contributed by atoms with van der Waals surface area (Å²) < 4.78 is 5.01. The molecule has 0 saturated carbocycles. The Labute approximate surface area is 152 Å². The van der Waals surface area contributed by atoms with E-state index in [4.69, 9.17) is 4.52 Å². The molecule has 6 heteroatoms. The number of amides is 1. The lowest BCUT2D eigenvalue weighted by atomic mass is 10.1. The van der Waals surface area contributed by atoms with Gasteiger partial charge in [0.05, 0.1) is 5.69 Å². The minimum absolute atomic E-state index is 0.199. The highest BCUT2D eigenvalue weighted by molar-refractivity contribution is 5.94. The van der Waals surface area contributed by atoms with Gasteiger partial charge in [-0.2, -0.15) is 0 Å². The molecule has 0 radical (unpaired) electrons. The molecule has 2 N–H and O–H groups in total. The van der Waals surface area contributed by atoms with Crippen LogP contribution in [-0.2, 0) is 17.8 Å². The van der Waals surface area contributed by atoms with Crippen LogP contribution in [0.25, 0.3) is 0 Å². The van der Waals surface area contributed by atoms with Crippen molar-refractivity contribution in [2.45, 2.75) is 32.9 Å². The van der Waals surface area contributed by atoms with Crippen LogP contribution in [0.2, 0.25) is 0 Å². The summed E-state index contributed by atoms with van der Waals surface area (Å²) in [6.07, 6.45) is 2.82. The molecule has 2 aromatic heterocycles. The number of nitrogens with zero attached hydrogens (tertiary/aromatic N) is 2. The number of carbonyl (C=O) groups excluding carboxylic acids is 1. The summed E-state index contributed by atoms with van der Waals surface area (Å²) in [5, 5.41) is 9.89. The van der Waals surface area contributed by atoms with E-state index in [2.05, 4.69) is 33.8 Å². The summed E-state index contributed by atoms with van der Waals surface area (Å²) in [7, 11) is 0. The number of nitrogens with one attached hydrogen (secondary N) is 2. The number of aryl methyl sites for hydroxylation is 2. The largest absolute Gasteiger partial charge is 0.360 e.